The van der Waals surface area contributed by atoms with Crippen molar-refractivity contribution < 1.29 is 4.79 Å². The van der Waals surface area contributed by atoms with Crippen LogP contribution in [0.5, 0.6) is 0 Å². The van der Waals surface area contributed by atoms with E-state index in [0.29, 0.717) is 25.4 Å². The Hall–Kier alpha value is -1.42. The second-order valence-corrected chi connectivity index (χ2v) is 4.96. The molecule has 1 atom stereocenters. The van der Waals surface area contributed by atoms with Crippen molar-refractivity contribution in [1.29, 1.82) is 0 Å². The number of nitrogens with zero attached hydrogens (tertiary/aromatic N) is 2. The number of carbonyl (C=O) groups is 1. The standard InChI is InChI=1S/C15H25N3O/c1-3-13(9-10-16)7-8-15(19)18(2)12-14-6-4-5-11-17-14/h4-6,11,13H,3,7-10,12,16H2,1-2H3. The zero-order chi connectivity index (χ0) is 14.1. The molecular formula is C15H25N3O. The summed E-state index contributed by atoms with van der Waals surface area (Å²) >= 11 is 0. The third kappa shape index (κ3) is 5.83. The van der Waals surface area contributed by atoms with Gasteiger partial charge < -0.3 is 10.6 Å². The largest absolute Gasteiger partial charge is 0.340 e. The molecule has 4 heteroatoms. The highest BCUT2D eigenvalue weighted by atomic mass is 16.2. The fourth-order valence-corrected chi connectivity index (χ4v) is 2.13. The maximum absolute atomic E-state index is 12.0. The molecule has 0 spiro atoms. The van der Waals surface area contributed by atoms with Gasteiger partial charge in [-0.25, -0.2) is 0 Å². The first kappa shape index (κ1) is 15.6. The monoisotopic (exact) mass is 263 g/mol. The molecule has 4 nitrogen and oxygen atoms in total. The van der Waals surface area contributed by atoms with E-state index in [-0.39, 0.29) is 5.91 Å². The number of amides is 1. The van der Waals surface area contributed by atoms with Crippen molar-refractivity contribution >= 4 is 5.91 Å². The second kappa shape index (κ2) is 8.64. The van der Waals surface area contributed by atoms with Crippen LogP contribution in [-0.4, -0.2) is 29.4 Å². The van der Waals surface area contributed by atoms with E-state index in [1.165, 1.54) is 0 Å². The number of hydrogen-bond acceptors (Lipinski definition) is 3. The van der Waals surface area contributed by atoms with Gasteiger partial charge in [0, 0.05) is 19.7 Å². The average molecular weight is 263 g/mol. The Morgan fingerprint density at radius 1 is 1.42 bits per heavy atom. The number of aromatic nitrogens is 1. The quantitative estimate of drug-likeness (QED) is 0.782. The lowest BCUT2D eigenvalue weighted by Crippen LogP contribution is -2.27. The number of rotatable bonds is 8. The zero-order valence-corrected chi connectivity index (χ0v) is 12.0. The normalized spacial score (nSPS) is 12.2. The molecule has 0 fully saturated rings. The summed E-state index contributed by atoms with van der Waals surface area (Å²) in [6, 6.07) is 5.76. The molecule has 0 bridgehead atoms. The molecule has 106 valence electrons. The van der Waals surface area contributed by atoms with Gasteiger partial charge in [-0.3, -0.25) is 9.78 Å². The Balaban J connectivity index is 2.36. The van der Waals surface area contributed by atoms with Gasteiger partial charge in [-0.1, -0.05) is 19.4 Å². The summed E-state index contributed by atoms with van der Waals surface area (Å²) in [4.78, 5) is 18.0. The van der Waals surface area contributed by atoms with E-state index in [0.717, 1.165) is 25.0 Å². The molecule has 1 aromatic rings. The van der Waals surface area contributed by atoms with E-state index in [4.69, 9.17) is 5.73 Å². The number of hydrogen-bond donors (Lipinski definition) is 1. The van der Waals surface area contributed by atoms with Crippen molar-refractivity contribution in [3.05, 3.63) is 30.1 Å². The van der Waals surface area contributed by atoms with Gasteiger partial charge in [0.1, 0.15) is 0 Å². The van der Waals surface area contributed by atoms with Gasteiger partial charge >= 0.3 is 0 Å². The highest BCUT2D eigenvalue weighted by molar-refractivity contribution is 5.75. The maximum atomic E-state index is 12.0. The summed E-state index contributed by atoms with van der Waals surface area (Å²) in [6.07, 6.45) is 5.38. The first-order valence-electron chi connectivity index (χ1n) is 7.01. The highest BCUT2D eigenvalue weighted by Gasteiger charge is 2.13. The van der Waals surface area contributed by atoms with Crippen LogP contribution in [0.2, 0.25) is 0 Å². The molecule has 1 rings (SSSR count). The summed E-state index contributed by atoms with van der Waals surface area (Å²) in [5, 5.41) is 0. The molecule has 0 radical (unpaired) electrons. The summed E-state index contributed by atoms with van der Waals surface area (Å²) in [6.45, 7) is 3.44. The Morgan fingerprint density at radius 2 is 2.21 bits per heavy atom. The average Bonchev–Trinajstić information content (AvgIpc) is 2.44. The molecule has 0 aliphatic rings. The smallest absolute Gasteiger partial charge is 0.222 e. The molecular weight excluding hydrogens is 238 g/mol. The van der Waals surface area contributed by atoms with Crippen LogP contribution < -0.4 is 5.73 Å². The minimum atomic E-state index is 0.182. The van der Waals surface area contributed by atoms with Crippen molar-refractivity contribution in [2.75, 3.05) is 13.6 Å². The van der Waals surface area contributed by atoms with Gasteiger partial charge in [0.15, 0.2) is 0 Å². The molecule has 0 saturated heterocycles. The van der Waals surface area contributed by atoms with Crippen LogP contribution in [0.15, 0.2) is 24.4 Å². The number of carbonyl (C=O) groups excluding carboxylic acids is 1. The molecule has 1 unspecified atom stereocenters. The van der Waals surface area contributed by atoms with E-state index < -0.39 is 0 Å². The molecule has 1 aromatic heterocycles. The molecule has 0 aliphatic carbocycles. The Morgan fingerprint density at radius 3 is 2.79 bits per heavy atom. The fourth-order valence-electron chi connectivity index (χ4n) is 2.13. The molecule has 19 heavy (non-hydrogen) atoms. The van der Waals surface area contributed by atoms with E-state index in [2.05, 4.69) is 11.9 Å². The first-order chi connectivity index (χ1) is 9.17. The van der Waals surface area contributed by atoms with Gasteiger partial charge in [0.05, 0.1) is 12.2 Å². The second-order valence-electron chi connectivity index (χ2n) is 4.96. The van der Waals surface area contributed by atoms with Crippen molar-refractivity contribution in [1.82, 2.24) is 9.88 Å². The molecule has 0 saturated carbocycles. The summed E-state index contributed by atoms with van der Waals surface area (Å²) in [7, 11) is 1.83. The van der Waals surface area contributed by atoms with Crippen molar-refractivity contribution in [3.63, 3.8) is 0 Å². The summed E-state index contributed by atoms with van der Waals surface area (Å²) in [5.41, 5.74) is 6.49. The van der Waals surface area contributed by atoms with Gasteiger partial charge in [-0.2, -0.15) is 0 Å². The molecule has 1 amide bonds. The van der Waals surface area contributed by atoms with Crippen LogP contribution in [-0.2, 0) is 11.3 Å². The van der Waals surface area contributed by atoms with Crippen LogP contribution in [0.4, 0.5) is 0 Å². The number of nitrogens with two attached hydrogens (primary N) is 1. The van der Waals surface area contributed by atoms with Crippen LogP contribution in [0.25, 0.3) is 0 Å². The lowest BCUT2D eigenvalue weighted by molar-refractivity contribution is -0.130. The van der Waals surface area contributed by atoms with Gasteiger partial charge in [-0.15, -0.1) is 0 Å². The zero-order valence-electron chi connectivity index (χ0n) is 12.0. The van der Waals surface area contributed by atoms with Crippen molar-refractivity contribution in [3.8, 4) is 0 Å². The van der Waals surface area contributed by atoms with Crippen LogP contribution >= 0.6 is 0 Å². The third-order valence-corrected chi connectivity index (χ3v) is 3.47. The molecule has 1 heterocycles. The van der Waals surface area contributed by atoms with Gasteiger partial charge in [0.25, 0.3) is 0 Å². The lowest BCUT2D eigenvalue weighted by Gasteiger charge is -2.19. The van der Waals surface area contributed by atoms with E-state index in [1.807, 2.05) is 25.2 Å². The Labute approximate surface area is 116 Å². The van der Waals surface area contributed by atoms with E-state index >= 15 is 0 Å². The lowest BCUT2D eigenvalue weighted by atomic mass is 9.96. The molecule has 0 aliphatic heterocycles. The fraction of sp³-hybridized carbons (Fsp3) is 0.600. The van der Waals surface area contributed by atoms with E-state index in [1.54, 1.807) is 11.1 Å². The molecule has 2 N–H and O–H groups in total. The summed E-state index contributed by atoms with van der Waals surface area (Å²) in [5.74, 6) is 0.748. The Kier molecular flexibility index (Phi) is 7.11. The van der Waals surface area contributed by atoms with Crippen LogP contribution in [0.3, 0.4) is 0 Å². The summed E-state index contributed by atoms with van der Waals surface area (Å²) < 4.78 is 0. The first-order valence-corrected chi connectivity index (χ1v) is 7.01. The SMILES string of the molecule is CCC(CCN)CCC(=O)N(C)Cc1ccccn1. The van der Waals surface area contributed by atoms with Crippen molar-refractivity contribution in [2.24, 2.45) is 11.7 Å². The Bertz CT molecular complexity index is 367. The minimum absolute atomic E-state index is 0.182. The predicted octanol–water partition coefficient (Wildman–Crippen LogP) is 2.20. The molecule has 0 aromatic carbocycles. The van der Waals surface area contributed by atoms with Crippen LogP contribution in [0, 0.1) is 5.92 Å². The highest BCUT2D eigenvalue weighted by Crippen LogP contribution is 2.15. The van der Waals surface area contributed by atoms with E-state index in [9.17, 15) is 4.79 Å². The third-order valence-electron chi connectivity index (χ3n) is 3.47. The van der Waals surface area contributed by atoms with Gasteiger partial charge in [0.2, 0.25) is 5.91 Å². The van der Waals surface area contributed by atoms with Gasteiger partial charge in [-0.05, 0) is 37.4 Å². The van der Waals surface area contributed by atoms with Crippen molar-refractivity contribution in [2.45, 2.75) is 39.2 Å². The topological polar surface area (TPSA) is 59.2 Å². The predicted molar refractivity (Wildman–Crippen MR) is 77.4 cm³/mol. The number of pyridine rings is 1. The minimum Gasteiger partial charge on any atom is -0.340 e. The van der Waals surface area contributed by atoms with Crippen LogP contribution in [0.1, 0.15) is 38.3 Å². The maximum Gasteiger partial charge on any atom is 0.222 e.